The van der Waals surface area contributed by atoms with Gasteiger partial charge < -0.3 is 0 Å². The zero-order valence-corrected chi connectivity index (χ0v) is 5.28. The van der Waals surface area contributed by atoms with Crippen LogP contribution in [-0.2, 0) is 0 Å². The van der Waals surface area contributed by atoms with Crippen LogP contribution in [0.5, 0.6) is 0 Å². The fourth-order valence-electron chi connectivity index (χ4n) is 0.566. The molecule has 0 aromatic rings. The third-order valence-corrected chi connectivity index (χ3v) is 1.41. The van der Waals surface area contributed by atoms with Gasteiger partial charge in [0.2, 0.25) is 5.13 Å². The van der Waals surface area contributed by atoms with Gasteiger partial charge in [0, 0.05) is 0 Å². The van der Waals surface area contributed by atoms with Crippen molar-refractivity contribution in [3.63, 3.8) is 0 Å². The molecule has 0 fully saturated rings. The summed E-state index contributed by atoms with van der Waals surface area (Å²) in [5.74, 6) is 0. The molecule has 0 aromatic heterocycles. The van der Waals surface area contributed by atoms with Crippen molar-refractivity contribution in [2.45, 2.75) is 11.3 Å². The smallest absolute Gasteiger partial charge is 0.236 e. The SMILES string of the molecule is FC1C=CC=CC1(F)Cl. The van der Waals surface area contributed by atoms with Gasteiger partial charge in [-0.05, 0) is 12.2 Å². The van der Waals surface area contributed by atoms with Crippen molar-refractivity contribution in [2.75, 3.05) is 0 Å². The molecule has 1 rings (SSSR count). The molecule has 0 aliphatic heterocycles. The lowest BCUT2D eigenvalue weighted by molar-refractivity contribution is 0.207. The maximum Gasteiger partial charge on any atom is 0.236 e. The number of halogens is 3. The van der Waals surface area contributed by atoms with Crippen molar-refractivity contribution in [1.82, 2.24) is 0 Å². The molecule has 0 bridgehead atoms. The van der Waals surface area contributed by atoms with Gasteiger partial charge in [-0.3, -0.25) is 0 Å². The van der Waals surface area contributed by atoms with Crippen LogP contribution in [0.1, 0.15) is 0 Å². The Balaban J connectivity index is 2.78. The van der Waals surface area contributed by atoms with E-state index in [1.807, 2.05) is 0 Å². The fourth-order valence-corrected chi connectivity index (χ4v) is 0.711. The van der Waals surface area contributed by atoms with E-state index in [4.69, 9.17) is 11.6 Å². The van der Waals surface area contributed by atoms with Crippen LogP contribution in [0.15, 0.2) is 24.3 Å². The third kappa shape index (κ3) is 1.30. The minimum atomic E-state index is -2.32. The molecule has 9 heavy (non-hydrogen) atoms. The molecule has 2 atom stereocenters. The van der Waals surface area contributed by atoms with Crippen LogP contribution in [0.3, 0.4) is 0 Å². The number of hydrogen-bond acceptors (Lipinski definition) is 0. The van der Waals surface area contributed by atoms with Crippen molar-refractivity contribution in [1.29, 1.82) is 0 Å². The second-order valence-corrected chi connectivity index (χ2v) is 2.40. The Labute approximate surface area is 56.8 Å². The standard InChI is InChI=1S/C6H5ClF2/c7-6(9)4-2-1-3-5(6)8/h1-5H. The van der Waals surface area contributed by atoms with Gasteiger partial charge in [-0.25, -0.2) is 8.78 Å². The number of rotatable bonds is 0. The molecule has 1 aliphatic rings. The highest BCUT2D eigenvalue weighted by atomic mass is 35.5. The topological polar surface area (TPSA) is 0 Å². The summed E-state index contributed by atoms with van der Waals surface area (Å²) >= 11 is 5.04. The van der Waals surface area contributed by atoms with Gasteiger partial charge in [0.25, 0.3) is 0 Å². The third-order valence-electron chi connectivity index (χ3n) is 1.08. The molecular weight excluding hydrogens is 146 g/mol. The minimum absolute atomic E-state index is 0.985. The first-order valence-corrected chi connectivity index (χ1v) is 2.88. The largest absolute Gasteiger partial charge is 0.238 e. The maximum atomic E-state index is 12.5. The van der Waals surface area contributed by atoms with Gasteiger partial charge >= 0.3 is 0 Å². The van der Waals surface area contributed by atoms with Gasteiger partial charge in [0.1, 0.15) is 0 Å². The van der Waals surface area contributed by atoms with E-state index in [2.05, 4.69) is 0 Å². The van der Waals surface area contributed by atoms with Gasteiger partial charge in [0.15, 0.2) is 6.17 Å². The summed E-state index contributed by atoms with van der Waals surface area (Å²) in [4.78, 5) is 0. The Morgan fingerprint density at radius 3 is 2.44 bits per heavy atom. The molecule has 3 heteroatoms. The van der Waals surface area contributed by atoms with Crippen molar-refractivity contribution in [3.05, 3.63) is 24.3 Å². The Morgan fingerprint density at radius 2 is 2.11 bits per heavy atom. The van der Waals surface area contributed by atoms with Crippen LogP contribution in [0.2, 0.25) is 0 Å². The van der Waals surface area contributed by atoms with E-state index in [9.17, 15) is 8.78 Å². The van der Waals surface area contributed by atoms with Crippen LogP contribution in [0, 0.1) is 0 Å². The maximum absolute atomic E-state index is 12.5. The van der Waals surface area contributed by atoms with E-state index in [0.29, 0.717) is 0 Å². The highest BCUT2D eigenvalue weighted by Crippen LogP contribution is 2.29. The summed E-state index contributed by atoms with van der Waals surface area (Å²) in [5, 5.41) is -2.32. The second-order valence-electron chi connectivity index (χ2n) is 1.82. The van der Waals surface area contributed by atoms with E-state index in [-0.39, 0.29) is 0 Å². The fraction of sp³-hybridized carbons (Fsp3) is 0.333. The molecule has 0 saturated heterocycles. The van der Waals surface area contributed by atoms with Gasteiger partial charge in [-0.1, -0.05) is 23.8 Å². The zero-order valence-electron chi connectivity index (χ0n) is 4.52. The van der Waals surface area contributed by atoms with Gasteiger partial charge in [-0.15, -0.1) is 0 Å². The first-order chi connectivity index (χ1) is 4.13. The van der Waals surface area contributed by atoms with Crippen molar-refractivity contribution >= 4 is 11.6 Å². The van der Waals surface area contributed by atoms with E-state index in [0.717, 1.165) is 12.2 Å². The first-order valence-electron chi connectivity index (χ1n) is 2.51. The molecule has 0 saturated carbocycles. The monoisotopic (exact) mass is 150 g/mol. The Kier molecular flexibility index (Phi) is 1.58. The Bertz CT molecular complexity index is 160. The Morgan fingerprint density at radius 1 is 1.44 bits per heavy atom. The molecule has 0 radical (unpaired) electrons. The summed E-state index contributed by atoms with van der Waals surface area (Å²) < 4.78 is 24.8. The van der Waals surface area contributed by atoms with Crippen molar-refractivity contribution < 1.29 is 8.78 Å². The lowest BCUT2D eigenvalue weighted by Crippen LogP contribution is -2.25. The average molecular weight is 151 g/mol. The van der Waals surface area contributed by atoms with Crippen LogP contribution in [0.4, 0.5) is 8.78 Å². The lowest BCUT2D eigenvalue weighted by atomic mass is 10.1. The highest BCUT2D eigenvalue weighted by molar-refractivity contribution is 6.24. The van der Waals surface area contributed by atoms with Crippen LogP contribution in [-0.4, -0.2) is 11.3 Å². The molecule has 0 amide bonds. The predicted molar refractivity (Wildman–Crippen MR) is 32.9 cm³/mol. The van der Waals surface area contributed by atoms with Crippen molar-refractivity contribution in [2.24, 2.45) is 0 Å². The molecule has 2 unspecified atom stereocenters. The Hall–Kier alpha value is -0.370. The van der Waals surface area contributed by atoms with Crippen LogP contribution < -0.4 is 0 Å². The summed E-state index contributed by atoms with van der Waals surface area (Å²) in [6.07, 6.45) is 3.14. The second kappa shape index (κ2) is 2.10. The lowest BCUT2D eigenvalue weighted by Gasteiger charge is -2.17. The summed E-state index contributed by atoms with van der Waals surface area (Å²) in [5.41, 5.74) is 0. The van der Waals surface area contributed by atoms with E-state index >= 15 is 0 Å². The number of hydrogen-bond donors (Lipinski definition) is 0. The van der Waals surface area contributed by atoms with Crippen molar-refractivity contribution in [3.8, 4) is 0 Å². The molecule has 0 aromatic carbocycles. The molecule has 0 N–H and O–H groups in total. The number of alkyl halides is 3. The van der Waals surface area contributed by atoms with Crippen LogP contribution >= 0.6 is 11.6 Å². The zero-order chi connectivity index (χ0) is 6.91. The molecule has 0 spiro atoms. The average Bonchev–Trinajstić information content (AvgIpc) is 1.77. The first kappa shape index (κ1) is 6.75. The predicted octanol–water partition coefficient (Wildman–Crippen LogP) is 2.36. The molecule has 50 valence electrons. The van der Waals surface area contributed by atoms with E-state index in [1.54, 1.807) is 0 Å². The van der Waals surface area contributed by atoms with Crippen LogP contribution in [0.25, 0.3) is 0 Å². The summed E-state index contributed by atoms with van der Waals surface area (Å²) in [6, 6.07) is 0. The highest BCUT2D eigenvalue weighted by Gasteiger charge is 2.33. The van der Waals surface area contributed by atoms with E-state index < -0.39 is 11.3 Å². The summed E-state index contributed by atoms with van der Waals surface area (Å²) in [6.45, 7) is 0. The summed E-state index contributed by atoms with van der Waals surface area (Å²) in [7, 11) is 0. The van der Waals surface area contributed by atoms with Gasteiger partial charge in [-0.2, -0.15) is 0 Å². The molecular formula is C6H5ClF2. The molecule has 0 heterocycles. The molecule has 1 aliphatic carbocycles. The number of allylic oxidation sites excluding steroid dienone is 4. The normalized spacial score (nSPS) is 41.4. The quantitative estimate of drug-likeness (QED) is 0.465. The molecule has 0 nitrogen and oxygen atoms in total. The van der Waals surface area contributed by atoms with E-state index in [1.165, 1.54) is 12.2 Å². The minimum Gasteiger partial charge on any atom is -0.238 e. The van der Waals surface area contributed by atoms with Gasteiger partial charge in [0.05, 0.1) is 0 Å².